The molecule has 0 aromatic heterocycles. The molecular weight excluding hydrogens is 360 g/mol. The van der Waals surface area contributed by atoms with Gasteiger partial charge in [0, 0.05) is 30.8 Å². The molecule has 0 aliphatic carbocycles. The molecule has 8 heteroatoms. The fraction of sp³-hybridized carbons (Fsp3) is 0.150. The summed E-state index contributed by atoms with van der Waals surface area (Å²) in [4.78, 5) is 34.8. The topological polar surface area (TPSA) is 114 Å². The highest BCUT2D eigenvalue weighted by Crippen LogP contribution is 2.28. The number of nitrogens with one attached hydrogen (secondary N) is 2. The van der Waals surface area contributed by atoms with Crippen molar-refractivity contribution in [3.63, 3.8) is 0 Å². The maximum Gasteiger partial charge on any atom is 0.270 e. The summed E-state index contributed by atoms with van der Waals surface area (Å²) in [6, 6.07) is 15.5. The smallest absolute Gasteiger partial charge is 0.270 e. The Morgan fingerprint density at radius 3 is 2.75 bits per heavy atom. The van der Waals surface area contributed by atoms with Gasteiger partial charge in [-0.05, 0) is 17.2 Å². The number of amides is 2. The van der Waals surface area contributed by atoms with Crippen molar-refractivity contribution in [2.45, 2.75) is 5.92 Å². The monoisotopic (exact) mass is 378 g/mol. The summed E-state index contributed by atoms with van der Waals surface area (Å²) in [6.45, 7) is 0.400. The molecule has 0 bridgehead atoms. The van der Waals surface area contributed by atoms with Crippen molar-refractivity contribution in [2.24, 2.45) is 11.0 Å². The van der Waals surface area contributed by atoms with E-state index in [0.29, 0.717) is 12.1 Å². The molecular formula is C20H18N4O4. The van der Waals surface area contributed by atoms with Crippen molar-refractivity contribution in [1.29, 1.82) is 0 Å². The number of hydrogen-bond donors (Lipinski definition) is 2. The summed E-state index contributed by atoms with van der Waals surface area (Å²) < 4.78 is 0. The average molecular weight is 378 g/mol. The number of carbonyl (C=O) groups excluding carboxylic acids is 2. The lowest BCUT2D eigenvalue weighted by atomic mass is 9.88. The van der Waals surface area contributed by atoms with E-state index in [1.54, 1.807) is 24.3 Å². The third-order valence-corrected chi connectivity index (χ3v) is 4.40. The number of nitro benzene ring substituents is 1. The van der Waals surface area contributed by atoms with Gasteiger partial charge in [-0.2, -0.15) is 5.10 Å². The highest BCUT2D eigenvalue weighted by atomic mass is 16.6. The predicted octanol–water partition coefficient (Wildman–Crippen LogP) is 2.24. The SMILES string of the molecule is O=C1NC[C@H](c2ccccc2)[C@@H]1C(=O)N/N=C/C=C/c1cccc([N+](=O)[O-])c1. The van der Waals surface area contributed by atoms with E-state index < -0.39 is 16.7 Å². The summed E-state index contributed by atoms with van der Waals surface area (Å²) in [6.07, 6.45) is 4.52. The van der Waals surface area contributed by atoms with Gasteiger partial charge in [-0.1, -0.05) is 48.5 Å². The Labute approximate surface area is 161 Å². The van der Waals surface area contributed by atoms with Crippen LogP contribution in [0.4, 0.5) is 5.69 Å². The summed E-state index contributed by atoms with van der Waals surface area (Å²) in [5.74, 6) is -1.90. The minimum absolute atomic E-state index is 0.00779. The van der Waals surface area contributed by atoms with Crippen LogP contribution in [-0.4, -0.2) is 29.5 Å². The van der Waals surface area contributed by atoms with Crippen molar-refractivity contribution in [3.8, 4) is 0 Å². The van der Waals surface area contributed by atoms with Crippen LogP contribution in [0, 0.1) is 16.0 Å². The van der Waals surface area contributed by atoms with Crippen molar-refractivity contribution < 1.29 is 14.5 Å². The molecule has 1 aliphatic heterocycles. The van der Waals surface area contributed by atoms with Crippen LogP contribution in [0.3, 0.4) is 0 Å². The lowest BCUT2D eigenvalue weighted by Crippen LogP contribution is -2.34. The number of rotatable bonds is 6. The number of non-ortho nitro benzene ring substituents is 1. The molecule has 1 aliphatic rings. The van der Waals surface area contributed by atoms with E-state index in [2.05, 4.69) is 15.8 Å². The first kappa shape index (κ1) is 19.0. The fourth-order valence-corrected chi connectivity index (χ4v) is 3.04. The van der Waals surface area contributed by atoms with Crippen molar-refractivity contribution >= 4 is 29.8 Å². The van der Waals surface area contributed by atoms with Crippen molar-refractivity contribution in [1.82, 2.24) is 10.7 Å². The van der Waals surface area contributed by atoms with Gasteiger partial charge in [0.1, 0.15) is 5.92 Å². The van der Waals surface area contributed by atoms with E-state index in [9.17, 15) is 19.7 Å². The van der Waals surface area contributed by atoms with Gasteiger partial charge < -0.3 is 5.32 Å². The van der Waals surface area contributed by atoms with Gasteiger partial charge in [0.25, 0.3) is 11.6 Å². The third kappa shape index (κ3) is 4.47. The molecule has 0 spiro atoms. The van der Waals surface area contributed by atoms with Gasteiger partial charge in [0.2, 0.25) is 5.91 Å². The molecule has 1 fully saturated rings. The molecule has 1 saturated heterocycles. The van der Waals surface area contributed by atoms with Gasteiger partial charge in [0.15, 0.2) is 0 Å². The molecule has 0 unspecified atom stereocenters. The quantitative estimate of drug-likeness (QED) is 0.347. The van der Waals surface area contributed by atoms with Gasteiger partial charge in [-0.25, -0.2) is 5.43 Å². The Kier molecular flexibility index (Phi) is 5.91. The molecule has 8 nitrogen and oxygen atoms in total. The van der Waals surface area contributed by atoms with Crippen LogP contribution in [0.2, 0.25) is 0 Å². The minimum atomic E-state index is -0.847. The van der Waals surface area contributed by atoms with Gasteiger partial charge >= 0.3 is 0 Å². The summed E-state index contributed by atoms with van der Waals surface area (Å²) in [5, 5.41) is 17.3. The average Bonchev–Trinajstić information content (AvgIpc) is 3.10. The van der Waals surface area contributed by atoms with Crippen LogP contribution in [0.25, 0.3) is 6.08 Å². The van der Waals surface area contributed by atoms with E-state index in [4.69, 9.17) is 0 Å². The maximum atomic E-state index is 12.4. The number of hydrogen-bond acceptors (Lipinski definition) is 5. The summed E-state index contributed by atoms with van der Waals surface area (Å²) in [7, 11) is 0. The number of nitrogens with zero attached hydrogens (tertiary/aromatic N) is 2. The number of hydrazone groups is 1. The van der Waals surface area contributed by atoms with Crippen LogP contribution < -0.4 is 10.7 Å². The second kappa shape index (κ2) is 8.72. The van der Waals surface area contributed by atoms with Crippen LogP contribution in [0.1, 0.15) is 17.0 Å². The third-order valence-electron chi connectivity index (χ3n) is 4.40. The van der Waals surface area contributed by atoms with Crippen LogP contribution >= 0.6 is 0 Å². The lowest BCUT2D eigenvalue weighted by molar-refractivity contribution is -0.384. The Balaban J connectivity index is 1.60. The zero-order chi connectivity index (χ0) is 19.9. The molecule has 2 atom stereocenters. The predicted molar refractivity (Wildman–Crippen MR) is 104 cm³/mol. The molecule has 28 heavy (non-hydrogen) atoms. The number of allylic oxidation sites excluding steroid dienone is 1. The number of carbonyl (C=O) groups is 2. The molecule has 2 aromatic carbocycles. The largest absolute Gasteiger partial charge is 0.355 e. The number of benzene rings is 2. The zero-order valence-corrected chi connectivity index (χ0v) is 14.8. The lowest BCUT2D eigenvalue weighted by Gasteiger charge is -2.15. The molecule has 142 valence electrons. The second-order valence-corrected chi connectivity index (χ2v) is 6.21. The van der Waals surface area contributed by atoms with Gasteiger partial charge in [-0.3, -0.25) is 19.7 Å². The van der Waals surface area contributed by atoms with Crippen LogP contribution in [-0.2, 0) is 9.59 Å². The molecule has 0 saturated carbocycles. The van der Waals surface area contributed by atoms with E-state index >= 15 is 0 Å². The molecule has 3 rings (SSSR count). The Hall–Kier alpha value is -3.81. The van der Waals surface area contributed by atoms with E-state index in [1.807, 2.05) is 30.3 Å². The normalized spacial score (nSPS) is 19.1. The fourth-order valence-electron chi connectivity index (χ4n) is 3.04. The molecule has 2 N–H and O–H groups in total. The minimum Gasteiger partial charge on any atom is -0.355 e. The standard InChI is InChI=1S/C20H18N4O4/c25-19-18(17(13-21-19)15-8-2-1-3-9-15)20(26)23-22-11-5-7-14-6-4-10-16(12-14)24(27)28/h1-12,17-18H,13H2,(H,21,25)(H,23,26)/b7-5+,22-11+/t17-,18+/m1/s1. The first-order valence-corrected chi connectivity index (χ1v) is 8.63. The Bertz CT molecular complexity index is 940. The highest BCUT2D eigenvalue weighted by Gasteiger charge is 2.40. The van der Waals surface area contributed by atoms with Gasteiger partial charge in [-0.15, -0.1) is 0 Å². The number of nitro groups is 1. The molecule has 1 heterocycles. The first-order valence-electron chi connectivity index (χ1n) is 8.63. The Morgan fingerprint density at radius 1 is 1.21 bits per heavy atom. The van der Waals surface area contributed by atoms with Gasteiger partial charge in [0.05, 0.1) is 4.92 Å². The second-order valence-electron chi connectivity index (χ2n) is 6.21. The van der Waals surface area contributed by atoms with E-state index in [1.165, 1.54) is 18.3 Å². The molecule has 0 radical (unpaired) electrons. The summed E-state index contributed by atoms with van der Waals surface area (Å²) in [5.41, 5.74) is 3.92. The van der Waals surface area contributed by atoms with Crippen LogP contribution in [0.5, 0.6) is 0 Å². The van der Waals surface area contributed by atoms with Crippen molar-refractivity contribution in [3.05, 3.63) is 81.9 Å². The van der Waals surface area contributed by atoms with Crippen molar-refractivity contribution in [2.75, 3.05) is 6.54 Å². The van der Waals surface area contributed by atoms with E-state index in [0.717, 1.165) is 5.56 Å². The first-order chi connectivity index (χ1) is 13.6. The van der Waals surface area contributed by atoms with E-state index in [-0.39, 0.29) is 17.5 Å². The summed E-state index contributed by atoms with van der Waals surface area (Å²) >= 11 is 0. The highest BCUT2D eigenvalue weighted by molar-refractivity contribution is 6.03. The molecule has 2 amide bonds. The van der Waals surface area contributed by atoms with Crippen LogP contribution in [0.15, 0.2) is 65.8 Å². The zero-order valence-electron chi connectivity index (χ0n) is 14.8. The molecule has 2 aromatic rings. The maximum absolute atomic E-state index is 12.4. The Morgan fingerprint density at radius 2 is 2.00 bits per heavy atom.